The second kappa shape index (κ2) is 4.99. The van der Waals surface area contributed by atoms with Gasteiger partial charge in [-0.25, -0.2) is 0 Å². The molecule has 2 rings (SSSR count). The van der Waals surface area contributed by atoms with Crippen molar-refractivity contribution in [2.75, 3.05) is 25.5 Å². The van der Waals surface area contributed by atoms with Crippen molar-refractivity contribution >= 4 is 5.69 Å². The Kier molecular flexibility index (Phi) is 3.58. The monoisotopic (exact) mass is 243 g/mol. The van der Waals surface area contributed by atoms with Gasteiger partial charge in [0.05, 0.1) is 6.07 Å². The van der Waals surface area contributed by atoms with Crippen molar-refractivity contribution in [2.45, 2.75) is 25.3 Å². The number of benzene rings is 1. The zero-order chi connectivity index (χ0) is 13.2. The molecular weight excluding hydrogens is 222 g/mol. The van der Waals surface area contributed by atoms with E-state index in [1.165, 1.54) is 11.3 Å². The highest BCUT2D eigenvalue weighted by atomic mass is 15.2. The minimum absolute atomic E-state index is 0.404. The van der Waals surface area contributed by atoms with Crippen molar-refractivity contribution in [3.05, 3.63) is 29.8 Å². The van der Waals surface area contributed by atoms with Gasteiger partial charge in [0.25, 0.3) is 0 Å². The lowest BCUT2D eigenvalue weighted by Crippen LogP contribution is -2.52. The van der Waals surface area contributed by atoms with E-state index >= 15 is 0 Å². The van der Waals surface area contributed by atoms with E-state index in [9.17, 15) is 5.26 Å². The Hall–Kier alpha value is -1.53. The molecule has 0 heterocycles. The number of nitrogens with one attached hydrogen (secondary N) is 1. The smallest absolute Gasteiger partial charge is 0.126 e. The van der Waals surface area contributed by atoms with E-state index in [1.54, 1.807) is 0 Å². The molecule has 1 atom stereocenters. The first-order valence-corrected chi connectivity index (χ1v) is 6.49. The Morgan fingerprint density at radius 2 is 2.22 bits per heavy atom. The molecule has 96 valence electrons. The SMILES string of the molecule is CNC(C#N)(CN(C)c1cccc(C)c1)C1CC1. The Morgan fingerprint density at radius 3 is 2.72 bits per heavy atom. The molecule has 1 aliphatic rings. The molecule has 0 aromatic heterocycles. The molecule has 1 aliphatic carbocycles. The van der Waals surface area contributed by atoms with Gasteiger partial charge in [-0.15, -0.1) is 0 Å². The number of rotatable bonds is 5. The van der Waals surface area contributed by atoms with Gasteiger partial charge < -0.3 is 10.2 Å². The lowest BCUT2D eigenvalue weighted by atomic mass is 9.94. The summed E-state index contributed by atoms with van der Waals surface area (Å²) in [4.78, 5) is 2.17. The number of hydrogen-bond acceptors (Lipinski definition) is 3. The Balaban J connectivity index is 2.15. The van der Waals surface area contributed by atoms with Crippen molar-refractivity contribution < 1.29 is 0 Å². The van der Waals surface area contributed by atoms with E-state index in [4.69, 9.17) is 0 Å². The number of nitriles is 1. The van der Waals surface area contributed by atoms with Gasteiger partial charge in [0.15, 0.2) is 0 Å². The van der Waals surface area contributed by atoms with Gasteiger partial charge in [0.1, 0.15) is 5.54 Å². The van der Waals surface area contributed by atoms with Gasteiger partial charge in [-0.3, -0.25) is 0 Å². The van der Waals surface area contributed by atoms with E-state index in [0.29, 0.717) is 5.92 Å². The summed E-state index contributed by atoms with van der Waals surface area (Å²) in [6, 6.07) is 10.9. The summed E-state index contributed by atoms with van der Waals surface area (Å²) in [7, 11) is 3.95. The van der Waals surface area contributed by atoms with Crippen LogP contribution in [0.1, 0.15) is 18.4 Å². The van der Waals surface area contributed by atoms with E-state index in [-0.39, 0.29) is 0 Å². The van der Waals surface area contributed by atoms with Crippen LogP contribution in [0.5, 0.6) is 0 Å². The second-order valence-electron chi connectivity index (χ2n) is 5.30. The van der Waals surface area contributed by atoms with E-state index in [1.807, 2.05) is 7.05 Å². The van der Waals surface area contributed by atoms with Crippen molar-refractivity contribution in [1.29, 1.82) is 5.26 Å². The van der Waals surface area contributed by atoms with Crippen LogP contribution in [0.15, 0.2) is 24.3 Å². The zero-order valence-electron chi connectivity index (χ0n) is 11.4. The molecule has 1 N–H and O–H groups in total. The topological polar surface area (TPSA) is 39.1 Å². The van der Waals surface area contributed by atoms with Crippen LogP contribution < -0.4 is 10.2 Å². The molecule has 0 spiro atoms. The molecule has 0 amide bonds. The van der Waals surface area contributed by atoms with Crippen molar-refractivity contribution in [3.63, 3.8) is 0 Å². The lowest BCUT2D eigenvalue weighted by Gasteiger charge is -2.32. The molecule has 3 heteroatoms. The fourth-order valence-electron chi connectivity index (χ4n) is 2.50. The summed E-state index contributed by atoms with van der Waals surface area (Å²) in [5.41, 5.74) is 2.02. The Labute approximate surface area is 109 Å². The first-order chi connectivity index (χ1) is 8.61. The number of nitrogens with zero attached hydrogens (tertiary/aromatic N) is 2. The molecule has 1 aromatic carbocycles. The molecule has 1 unspecified atom stereocenters. The molecule has 1 fully saturated rings. The van der Waals surface area contributed by atoms with Crippen LogP contribution in [0.2, 0.25) is 0 Å². The minimum atomic E-state index is -0.404. The van der Waals surface area contributed by atoms with Crippen LogP contribution >= 0.6 is 0 Å². The molecule has 0 radical (unpaired) electrons. The quantitative estimate of drug-likeness (QED) is 0.862. The van der Waals surface area contributed by atoms with Crippen LogP contribution in [0, 0.1) is 24.2 Å². The number of aryl methyl sites for hydroxylation is 1. The predicted octanol–water partition coefficient (Wildman–Crippen LogP) is 2.32. The average molecular weight is 243 g/mol. The fraction of sp³-hybridized carbons (Fsp3) is 0.533. The molecule has 18 heavy (non-hydrogen) atoms. The third kappa shape index (κ3) is 2.49. The standard InChI is InChI=1S/C15H21N3/c1-12-5-4-6-14(9-12)18(3)11-15(10-16,17-2)13-7-8-13/h4-6,9,13,17H,7-8,11H2,1-3H3. The van der Waals surface area contributed by atoms with Crippen LogP contribution in [-0.2, 0) is 0 Å². The number of anilines is 1. The third-order valence-corrected chi connectivity index (χ3v) is 3.85. The van der Waals surface area contributed by atoms with Crippen molar-refractivity contribution in [1.82, 2.24) is 5.32 Å². The summed E-state index contributed by atoms with van der Waals surface area (Å²) in [5, 5.41) is 12.7. The lowest BCUT2D eigenvalue weighted by molar-refractivity contribution is 0.398. The maximum Gasteiger partial charge on any atom is 0.126 e. The summed E-state index contributed by atoms with van der Waals surface area (Å²) >= 11 is 0. The fourth-order valence-corrected chi connectivity index (χ4v) is 2.50. The van der Waals surface area contributed by atoms with Crippen LogP contribution in [0.3, 0.4) is 0 Å². The summed E-state index contributed by atoms with van der Waals surface area (Å²) in [6.45, 7) is 2.82. The van der Waals surface area contributed by atoms with Gasteiger partial charge in [0, 0.05) is 19.3 Å². The predicted molar refractivity (Wildman–Crippen MR) is 74.6 cm³/mol. The van der Waals surface area contributed by atoms with E-state index in [0.717, 1.165) is 19.4 Å². The third-order valence-electron chi connectivity index (χ3n) is 3.85. The number of hydrogen-bond donors (Lipinski definition) is 1. The maximum atomic E-state index is 9.50. The number of likely N-dealkylation sites (N-methyl/N-ethyl adjacent to an activating group) is 2. The van der Waals surface area contributed by atoms with Crippen LogP contribution in [-0.4, -0.2) is 26.2 Å². The first-order valence-electron chi connectivity index (χ1n) is 6.49. The molecule has 1 aromatic rings. The molecule has 0 aliphatic heterocycles. The van der Waals surface area contributed by atoms with Crippen molar-refractivity contribution in [2.24, 2.45) is 5.92 Å². The van der Waals surface area contributed by atoms with Gasteiger partial charge in [-0.05, 0) is 50.4 Å². The molecule has 3 nitrogen and oxygen atoms in total. The summed E-state index contributed by atoms with van der Waals surface area (Å²) in [6.07, 6.45) is 2.33. The first kappa shape index (κ1) is 12.9. The Bertz CT molecular complexity index is 459. The van der Waals surface area contributed by atoms with E-state index in [2.05, 4.69) is 54.5 Å². The highest BCUT2D eigenvalue weighted by Gasteiger charge is 2.45. The van der Waals surface area contributed by atoms with Gasteiger partial charge in [0.2, 0.25) is 0 Å². The zero-order valence-corrected chi connectivity index (χ0v) is 11.4. The Morgan fingerprint density at radius 1 is 1.50 bits per heavy atom. The van der Waals surface area contributed by atoms with E-state index < -0.39 is 5.54 Å². The molecule has 0 bridgehead atoms. The summed E-state index contributed by atoms with van der Waals surface area (Å²) in [5.74, 6) is 0.500. The van der Waals surface area contributed by atoms with Gasteiger partial charge >= 0.3 is 0 Å². The van der Waals surface area contributed by atoms with Gasteiger partial charge in [-0.2, -0.15) is 5.26 Å². The highest BCUT2D eigenvalue weighted by molar-refractivity contribution is 5.48. The minimum Gasteiger partial charge on any atom is -0.372 e. The molecule has 0 saturated heterocycles. The van der Waals surface area contributed by atoms with Crippen LogP contribution in [0.25, 0.3) is 0 Å². The molecular formula is C15H21N3. The maximum absolute atomic E-state index is 9.50. The van der Waals surface area contributed by atoms with Gasteiger partial charge in [-0.1, -0.05) is 12.1 Å². The largest absolute Gasteiger partial charge is 0.372 e. The normalized spacial score (nSPS) is 17.9. The molecule has 1 saturated carbocycles. The summed E-state index contributed by atoms with van der Waals surface area (Å²) < 4.78 is 0. The second-order valence-corrected chi connectivity index (χ2v) is 5.30. The average Bonchev–Trinajstić information content (AvgIpc) is 3.20. The van der Waals surface area contributed by atoms with Crippen LogP contribution in [0.4, 0.5) is 5.69 Å². The van der Waals surface area contributed by atoms with Crippen molar-refractivity contribution in [3.8, 4) is 6.07 Å². The highest BCUT2D eigenvalue weighted by Crippen LogP contribution is 2.40.